The Kier molecular flexibility index (Phi) is 6.84. The molecule has 1 aliphatic rings. The molecule has 2 rings (SSSR count). The first-order valence-corrected chi connectivity index (χ1v) is 8.50. The summed E-state index contributed by atoms with van der Waals surface area (Å²) in [6.45, 7) is 6.74. The number of hydrogen-bond donors (Lipinski definition) is 1. The normalized spacial score (nSPS) is 22.3. The molecule has 0 aromatic heterocycles. The summed E-state index contributed by atoms with van der Waals surface area (Å²) in [6.07, 6.45) is 3.63. The summed E-state index contributed by atoms with van der Waals surface area (Å²) >= 11 is 0. The van der Waals surface area contributed by atoms with Crippen LogP contribution in [0.25, 0.3) is 0 Å². The van der Waals surface area contributed by atoms with Crippen LogP contribution >= 0.6 is 0 Å². The van der Waals surface area contributed by atoms with Gasteiger partial charge in [0.2, 0.25) is 0 Å². The predicted octanol–water partition coefficient (Wildman–Crippen LogP) is 3.35. The zero-order chi connectivity index (χ0) is 16.7. The fourth-order valence-corrected chi connectivity index (χ4v) is 2.89. The standard InChI is InChI=1S/C18H28FN3O/c1-4-5-6-11-21-18(20-3)22-12-14(2)23-17(13-22)15-7-9-16(19)10-8-15/h7-10,14,17H,4-6,11-13H2,1-3H3,(H,20,21). The van der Waals surface area contributed by atoms with E-state index >= 15 is 0 Å². The van der Waals surface area contributed by atoms with E-state index in [4.69, 9.17) is 4.74 Å². The Labute approximate surface area is 138 Å². The molecule has 1 aliphatic heterocycles. The van der Waals surface area contributed by atoms with Gasteiger partial charge in [0.05, 0.1) is 12.6 Å². The van der Waals surface area contributed by atoms with Gasteiger partial charge in [-0.3, -0.25) is 4.99 Å². The maximum atomic E-state index is 13.1. The van der Waals surface area contributed by atoms with Crippen molar-refractivity contribution in [1.29, 1.82) is 0 Å². The molecule has 5 heteroatoms. The first-order chi connectivity index (χ1) is 11.1. The largest absolute Gasteiger partial charge is 0.367 e. The van der Waals surface area contributed by atoms with Crippen molar-refractivity contribution in [2.45, 2.75) is 45.3 Å². The predicted molar refractivity (Wildman–Crippen MR) is 92.1 cm³/mol. The van der Waals surface area contributed by atoms with Crippen LogP contribution in [0.2, 0.25) is 0 Å². The van der Waals surface area contributed by atoms with Crippen LogP contribution in [0.15, 0.2) is 29.3 Å². The minimum Gasteiger partial charge on any atom is -0.367 e. The number of halogens is 1. The molecular weight excluding hydrogens is 293 g/mol. The Morgan fingerprint density at radius 2 is 2.04 bits per heavy atom. The van der Waals surface area contributed by atoms with E-state index in [1.807, 2.05) is 7.05 Å². The summed E-state index contributed by atoms with van der Waals surface area (Å²) in [7, 11) is 1.81. The Morgan fingerprint density at radius 3 is 2.70 bits per heavy atom. The number of benzene rings is 1. The van der Waals surface area contributed by atoms with E-state index < -0.39 is 0 Å². The quantitative estimate of drug-likeness (QED) is 0.513. The van der Waals surface area contributed by atoms with Gasteiger partial charge >= 0.3 is 0 Å². The van der Waals surface area contributed by atoms with Gasteiger partial charge in [0.1, 0.15) is 11.9 Å². The summed E-state index contributed by atoms with van der Waals surface area (Å²) in [5.74, 6) is 0.700. The summed E-state index contributed by atoms with van der Waals surface area (Å²) in [6, 6.07) is 6.57. The van der Waals surface area contributed by atoms with E-state index in [0.717, 1.165) is 37.6 Å². The lowest BCUT2D eigenvalue weighted by atomic mass is 10.1. The van der Waals surface area contributed by atoms with Crippen LogP contribution < -0.4 is 5.32 Å². The fraction of sp³-hybridized carbons (Fsp3) is 0.611. The van der Waals surface area contributed by atoms with E-state index in [1.165, 1.54) is 25.0 Å². The molecule has 23 heavy (non-hydrogen) atoms. The minimum atomic E-state index is -0.220. The van der Waals surface area contributed by atoms with E-state index in [1.54, 1.807) is 12.1 Å². The average Bonchev–Trinajstić information content (AvgIpc) is 2.55. The lowest BCUT2D eigenvalue weighted by Gasteiger charge is -2.38. The molecule has 1 saturated heterocycles. The SMILES string of the molecule is CCCCCNC(=NC)N1CC(C)OC(c2ccc(F)cc2)C1. The monoisotopic (exact) mass is 321 g/mol. The second-order valence-electron chi connectivity index (χ2n) is 6.07. The topological polar surface area (TPSA) is 36.9 Å². The maximum Gasteiger partial charge on any atom is 0.193 e. The van der Waals surface area contributed by atoms with Gasteiger partial charge in [0, 0.05) is 20.1 Å². The molecule has 2 unspecified atom stereocenters. The van der Waals surface area contributed by atoms with E-state index in [-0.39, 0.29) is 18.0 Å². The third-order valence-corrected chi connectivity index (χ3v) is 4.08. The average molecular weight is 321 g/mol. The van der Waals surface area contributed by atoms with Crippen LogP contribution in [-0.4, -0.2) is 43.6 Å². The molecule has 1 fully saturated rings. The number of ether oxygens (including phenoxy) is 1. The minimum absolute atomic E-state index is 0.0615. The zero-order valence-electron chi connectivity index (χ0n) is 14.4. The first-order valence-electron chi connectivity index (χ1n) is 8.50. The first kappa shape index (κ1) is 17.7. The zero-order valence-corrected chi connectivity index (χ0v) is 14.4. The van der Waals surface area contributed by atoms with Crippen LogP contribution in [0.4, 0.5) is 4.39 Å². The van der Waals surface area contributed by atoms with Gasteiger partial charge in [0.25, 0.3) is 0 Å². The van der Waals surface area contributed by atoms with Crippen molar-refractivity contribution in [3.63, 3.8) is 0 Å². The molecule has 0 radical (unpaired) electrons. The van der Waals surface area contributed by atoms with Gasteiger partial charge in [-0.25, -0.2) is 4.39 Å². The number of aliphatic imine (C=N–C) groups is 1. The molecule has 1 heterocycles. The van der Waals surface area contributed by atoms with Crippen molar-refractivity contribution in [2.24, 2.45) is 4.99 Å². The molecule has 1 N–H and O–H groups in total. The summed E-state index contributed by atoms with van der Waals surface area (Å²) in [5, 5.41) is 3.44. The molecule has 0 amide bonds. The molecule has 0 aliphatic carbocycles. The van der Waals surface area contributed by atoms with Crippen molar-refractivity contribution < 1.29 is 9.13 Å². The van der Waals surface area contributed by atoms with Crippen LogP contribution in [0.5, 0.6) is 0 Å². The van der Waals surface area contributed by atoms with Crippen molar-refractivity contribution in [3.8, 4) is 0 Å². The lowest BCUT2D eigenvalue weighted by Crippen LogP contribution is -2.50. The van der Waals surface area contributed by atoms with Crippen molar-refractivity contribution >= 4 is 5.96 Å². The van der Waals surface area contributed by atoms with Gasteiger partial charge in [0.15, 0.2) is 5.96 Å². The molecule has 1 aromatic rings. The Morgan fingerprint density at radius 1 is 1.30 bits per heavy atom. The third kappa shape index (κ3) is 5.20. The summed E-state index contributed by atoms with van der Waals surface area (Å²) in [5.41, 5.74) is 1.00. The molecule has 1 aromatic carbocycles. The third-order valence-electron chi connectivity index (χ3n) is 4.08. The lowest BCUT2D eigenvalue weighted by molar-refractivity contribution is -0.0605. The second-order valence-corrected chi connectivity index (χ2v) is 6.07. The molecular formula is C18H28FN3O. The number of nitrogens with zero attached hydrogens (tertiary/aromatic N) is 2. The Hall–Kier alpha value is -1.62. The van der Waals surface area contributed by atoms with Gasteiger partial charge in [-0.05, 0) is 31.0 Å². The van der Waals surface area contributed by atoms with Gasteiger partial charge in [-0.1, -0.05) is 31.9 Å². The highest BCUT2D eigenvalue weighted by atomic mass is 19.1. The number of hydrogen-bond acceptors (Lipinski definition) is 2. The molecule has 128 valence electrons. The van der Waals surface area contributed by atoms with Crippen LogP contribution in [0.3, 0.4) is 0 Å². The Balaban J connectivity index is 1.99. The number of unbranched alkanes of at least 4 members (excludes halogenated alkanes) is 2. The summed E-state index contributed by atoms with van der Waals surface area (Å²) in [4.78, 5) is 6.63. The van der Waals surface area contributed by atoms with E-state index in [9.17, 15) is 4.39 Å². The molecule has 0 bridgehead atoms. The van der Waals surface area contributed by atoms with Gasteiger partial charge in [-0.15, -0.1) is 0 Å². The van der Waals surface area contributed by atoms with Crippen molar-refractivity contribution in [2.75, 3.05) is 26.7 Å². The van der Waals surface area contributed by atoms with Gasteiger partial charge in [-0.2, -0.15) is 0 Å². The highest BCUT2D eigenvalue weighted by molar-refractivity contribution is 5.80. The smallest absolute Gasteiger partial charge is 0.193 e. The number of rotatable bonds is 5. The fourth-order valence-electron chi connectivity index (χ4n) is 2.89. The number of morpholine rings is 1. The van der Waals surface area contributed by atoms with Crippen LogP contribution in [-0.2, 0) is 4.74 Å². The molecule has 0 saturated carbocycles. The highest BCUT2D eigenvalue weighted by Gasteiger charge is 2.28. The van der Waals surface area contributed by atoms with Crippen LogP contribution in [0, 0.1) is 5.82 Å². The number of nitrogens with one attached hydrogen (secondary N) is 1. The van der Waals surface area contributed by atoms with Crippen molar-refractivity contribution in [3.05, 3.63) is 35.6 Å². The number of guanidine groups is 1. The van der Waals surface area contributed by atoms with E-state index in [2.05, 4.69) is 29.1 Å². The second kappa shape index (κ2) is 8.87. The molecule has 0 spiro atoms. The molecule has 2 atom stereocenters. The summed E-state index contributed by atoms with van der Waals surface area (Å²) < 4.78 is 19.1. The van der Waals surface area contributed by atoms with Gasteiger partial charge < -0.3 is 15.0 Å². The van der Waals surface area contributed by atoms with Crippen molar-refractivity contribution in [1.82, 2.24) is 10.2 Å². The van der Waals surface area contributed by atoms with E-state index in [0.29, 0.717) is 0 Å². The highest BCUT2D eigenvalue weighted by Crippen LogP contribution is 2.25. The Bertz CT molecular complexity index is 503. The maximum absolute atomic E-state index is 13.1. The van der Waals surface area contributed by atoms with Crippen LogP contribution in [0.1, 0.15) is 44.8 Å². The molecule has 4 nitrogen and oxygen atoms in total.